The predicted octanol–water partition coefficient (Wildman–Crippen LogP) is 5.20. The van der Waals surface area contributed by atoms with Crippen LogP contribution in [0.5, 0.6) is 0 Å². The average Bonchev–Trinajstić information content (AvgIpc) is 3.24. The van der Waals surface area contributed by atoms with Crippen LogP contribution in [0.2, 0.25) is 0 Å². The normalized spacial score (nSPS) is 31.2. The SMILES string of the molecule is C[C@@H]1[C@H](c2ccccc2)OC(=O)N1C(=O)[C@@H]1CC2(O[C@H]1CCCBr)SCCCS2. The Morgan fingerprint density at radius 1 is 1.28 bits per heavy atom. The Hall–Kier alpha value is -0.700. The van der Waals surface area contributed by atoms with Gasteiger partial charge in [0.2, 0.25) is 5.91 Å². The minimum Gasteiger partial charge on any atom is -0.439 e. The highest BCUT2D eigenvalue weighted by Gasteiger charge is 2.54. The highest BCUT2D eigenvalue weighted by molar-refractivity contribution is 9.09. The van der Waals surface area contributed by atoms with E-state index in [1.165, 1.54) is 11.3 Å². The Morgan fingerprint density at radius 3 is 2.69 bits per heavy atom. The van der Waals surface area contributed by atoms with Crippen molar-refractivity contribution in [3.05, 3.63) is 35.9 Å². The topological polar surface area (TPSA) is 55.8 Å². The number of benzene rings is 1. The van der Waals surface area contributed by atoms with Crippen LogP contribution in [0.25, 0.3) is 0 Å². The molecule has 0 N–H and O–H groups in total. The Morgan fingerprint density at radius 2 is 2.00 bits per heavy atom. The molecule has 3 aliphatic rings. The van der Waals surface area contributed by atoms with E-state index in [-0.39, 0.29) is 28.2 Å². The zero-order valence-corrected chi connectivity index (χ0v) is 19.6. The molecular formula is C21H26BrNO4S2. The molecule has 4 rings (SSSR count). The molecule has 3 aliphatic heterocycles. The van der Waals surface area contributed by atoms with Gasteiger partial charge in [0.05, 0.1) is 18.1 Å². The lowest BCUT2D eigenvalue weighted by Crippen LogP contribution is -2.44. The number of amides is 2. The molecule has 3 saturated heterocycles. The van der Waals surface area contributed by atoms with Gasteiger partial charge in [0.1, 0.15) is 6.10 Å². The maximum absolute atomic E-state index is 13.6. The van der Waals surface area contributed by atoms with Crippen molar-refractivity contribution in [2.75, 3.05) is 16.8 Å². The van der Waals surface area contributed by atoms with Gasteiger partial charge < -0.3 is 9.47 Å². The molecule has 0 aromatic heterocycles. The van der Waals surface area contributed by atoms with Gasteiger partial charge in [-0.25, -0.2) is 9.69 Å². The molecule has 158 valence electrons. The van der Waals surface area contributed by atoms with Gasteiger partial charge in [-0.2, -0.15) is 0 Å². The van der Waals surface area contributed by atoms with E-state index in [4.69, 9.17) is 9.47 Å². The molecular weight excluding hydrogens is 474 g/mol. The smallest absolute Gasteiger partial charge is 0.417 e. The fourth-order valence-corrected chi connectivity index (χ4v) is 7.83. The van der Waals surface area contributed by atoms with Crippen molar-refractivity contribution in [3.63, 3.8) is 0 Å². The number of carbonyl (C=O) groups excluding carboxylic acids is 2. The summed E-state index contributed by atoms with van der Waals surface area (Å²) >= 11 is 7.12. The van der Waals surface area contributed by atoms with Crippen molar-refractivity contribution < 1.29 is 19.1 Å². The van der Waals surface area contributed by atoms with E-state index in [1.54, 1.807) is 0 Å². The Balaban J connectivity index is 1.54. The van der Waals surface area contributed by atoms with Gasteiger partial charge in [0.15, 0.2) is 4.27 Å². The Kier molecular flexibility index (Phi) is 6.83. The van der Waals surface area contributed by atoms with Crippen LogP contribution < -0.4 is 0 Å². The second-order valence-corrected chi connectivity index (χ2v) is 11.5. The fraction of sp³-hybridized carbons (Fsp3) is 0.619. The zero-order chi connectivity index (χ0) is 20.4. The molecule has 4 atom stereocenters. The van der Waals surface area contributed by atoms with Crippen LogP contribution in [-0.4, -0.2) is 50.1 Å². The number of imide groups is 1. The van der Waals surface area contributed by atoms with E-state index in [9.17, 15) is 9.59 Å². The lowest BCUT2D eigenvalue weighted by Gasteiger charge is -2.31. The Labute approximate surface area is 188 Å². The van der Waals surface area contributed by atoms with E-state index in [0.29, 0.717) is 6.42 Å². The van der Waals surface area contributed by atoms with Crippen molar-refractivity contribution >= 4 is 51.5 Å². The fourth-order valence-electron chi connectivity index (χ4n) is 4.31. The van der Waals surface area contributed by atoms with Gasteiger partial charge in [-0.3, -0.25) is 4.79 Å². The number of ether oxygens (including phenoxy) is 2. The number of carbonyl (C=O) groups is 2. The van der Waals surface area contributed by atoms with Crippen LogP contribution in [0.3, 0.4) is 0 Å². The van der Waals surface area contributed by atoms with Gasteiger partial charge in [-0.1, -0.05) is 46.3 Å². The minimum absolute atomic E-state index is 0.149. The number of halogens is 1. The summed E-state index contributed by atoms with van der Waals surface area (Å²) < 4.78 is 11.7. The van der Waals surface area contributed by atoms with E-state index in [2.05, 4.69) is 15.9 Å². The van der Waals surface area contributed by atoms with Gasteiger partial charge in [-0.15, -0.1) is 23.5 Å². The molecule has 8 heteroatoms. The number of thioether (sulfide) groups is 2. The summed E-state index contributed by atoms with van der Waals surface area (Å²) in [6, 6.07) is 9.30. The quantitative estimate of drug-likeness (QED) is 0.519. The van der Waals surface area contributed by atoms with Crippen LogP contribution in [0, 0.1) is 5.92 Å². The number of hydrogen-bond donors (Lipinski definition) is 0. The average molecular weight is 500 g/mol. The van der Waals surface area contributed by atoms with E-state index in [0.717, 1.165) is 35.2 Å². The maximum atomic E-state index is 13.6. The summed E-state index contributed by atoms with van der Waals surface area (Å²) in [7, 11) is 0. The molecule has 3 heterocycles. The summed E-state index contributed by atoms with van der Waals surface area (Å²) in [4.78, 5) is 27.6. The molecule has 2 amide bonds. The van der Waals surface area contributed by atoms with Gasteiger partial charge >= 0.3 is 6.09 Å². The van der Waals surface area contributed by atoms with Crippen molar-refractivity contribution in [3.8, 4) is 0 Å². The second kappa shape index (κ2) is 9.20. The standard InChI is InChI=1S/C21H26BrNO4S2/c1-14-18(15-7-3-2-4-8-15)26-20(25)23(14)19(24)16-13-21(28-11-6-12-29-21)27-17(16)9-5-10-22/h2-4,7-8,14,16-18H,5-6,9-13H2,1H3/t14-,16-,17+,18-/m1/s1. The summed E-state index contributed by atoms with van der Waals surface area (Å²) in [5.74, 6) is 1.65. The van der Waals surface area contributed by atoms with Crippen LogP contribution >= 0.6 is 39.5 Å². The summed E-state index contributed by atoms with van der Waals surface area (Å²) in [6.45, 7) is 1.89. The van der Waals surface area contributed by atoms with Crippen LogP contribution in [0.15, 0.2) is 30.3 Å². The molecule has 1 aromatic rings. The van der Waals surface area contributed by atoms with Crippen LogP contribution in [-0.2, 0) is 14.3 Å². The number of nitrogens with zero attached hydrogens (tertiary/aromatic N) is 1. The van der Waals surface area contributed by atoms with Gasteiger partial charge in [-0.05, 0) is 43.3 Å². The van der Waals surface area contributed by atoms with E-state index < -0.39 is 12.2 Å². The second-order valence-electron chi connectivity index (χ2n) is 7.70. The first-order chi connectivity index (χ1) is 14.0. The minimum atomic E-state index is -0.541. The number of cyclic esters (lactones) is 1. The third kappa shape index (κ3) is 4.36. The molecule has 0 saturated carbocycles. The Bertz CT molecular complexity index is 743. The molecule has 1 spiro atoms. The van der Waals surface area contributed by atoms with Crippen LogP contribution in [0.1, 0.15) is 44.3 Å². The van der Waals surface area contributed by atoms with Crippen molar-refractivity contribution in [1.29, 1.82) is 0 Å². The number of rotatable bonds is 5. The van der Waals surface area contributed by atoms with E-state index >= 15 is 0 Å². The lowest BCUT2D eigenvalue weighted by atomic mass is 9.95. The van der Waals surface area contributed by atoms with Crippen molar-refractivity contribution in [2.24, 2.45) is 5.92 Å². The van der Waals surface area contributed by atoms with Crippen LogP contribution in [0.4, 0.5) is 4.79 Å². The summed E-state index contributed by atoms with van der Waals surface area (Å²) in [5, 5.41) is 0.874. The molecule has 0 radical (unpaired) electrons. The zero-order valence-electron chi connectivity index (χ0n) is 16.4. The van der Waals surface area contributed by atoms with Crippen molar-refractivity contribution in [1.82, 2.24) is 4.90 Å². The summed E-state index contributed by atoms with van der Waals surface area (Å²) in [5.41, 5.74) is 0.914. The molecule has 0 unspecified atom stereocenters. The highest BCUT2D eigenvalue weighted by Crippen LogP contribution is 2.54. The third-order valence-electron chi connectivity index (χ3n) is 5.76. The third-order valence-corrected chi connectivity index (χ3v) is 9.42. The predicted molar refractivity (Wildman–Crippen MR) is 120 cm³/mol. The van der Waals surface area contributed by atoms with E-state index in [1.807, 2.05) is 60.8 Å². The maximum Gasteiger partial charge on any atom is 0.417 e. The molecule has 0 bridgehead atoms. The first-order valence-corrected chi connectivity index (χ1v) is 13.2. The number of alkyl halides is 1. The largest absolute Gasteiger partial charge is 0.439 e. The summed E-state index contributed by atoms with van der Waals surface area (Å²) in [6.07, 6.45) is 2.44. The first-order valence-electron chi connectivity index (χ1n) is 10.1. The molecule has 5 nitrogen and oxygen atoms in total. The molecule has 0 aliphatic carbocycles. The monoisotopic (exact) mass is 499 g/mol. The molecule has 3 fully saturated rings. The lowest BCUT2D eigenvalue weighted by molar-refractivity contribution is -0.135. The van der Waals surface area contributed by atoms with Gasteiger partial charge in [0.25, 0.3) is 0 Å². The highest BCUT2D eigenvalue weighted by atomic mass is 79.9. The first kappa shape index (κ1) is 21.5. The molecule has 29 heavy (non-hydrogen) atoms. The molecule has 1 aromatic carbocycles. The van der Waals surface area contributed by atoms with Gasteiger partial charge in [0, 0.05) is 11.8 Å². The number of hydrogen-bond acceptors (Lipinski definition) is 6. The van der Waals surface area contributed by atoms with Crippen molar-refractivity contribution in [2.45, 2.75) is 55.1 Å².